The lowest BCUT2D eigenvalue weighted by Gasteiger charge is -2.42. The van der Waals surface area contributed by atoms with Crippen LogP contribution in [-0.4, -0.2) is 84.3 Å². The topological polar surface area (TPSA) is 89.0 Å². The number of likely N-dealkylation sites (N-methyl/N-ethyl adjacent to an activating group) is 1. The minimum absolute atomic E-state index is 0.161. The summed E-state index contributed by atoms with van der Waals surface area (Å²) in [6.45, 7) is 11.8. The number of hydrogen-bond donors (Lipinski definition) is 3. The van der Waals surface area contributed by atoms with Crippen LogP contribution in [0, 0.1) is 12.7 Å². The molecule has 0 unspecified atom stereocenters. The van der Waals surface area contributed by atoms with Gasteiger partial charge in [0, 0.05) is 74.5 Å². The van der Waals surface area contributed by atoms with E-state index < -0.39 is 11.4 Å². The molecule has 0 amide bonds. The van der Waals surface area contributed by atoms with Crippen LogP contribution in [-0.2, 0) is 5.60 Å². The third-order valence-electron chi connectivity index (χ3n) is 8.25. The van der Waals surface area contributed by atoms with E-state index in [1.807, 2.05) is 6.07 Å². The number of piperidine rings is 1. The van der Waals surface area contributed by atoms with Gasteiger partial charge in [0.25, 0.3) is 0 Å². The Bertz CT molecular complexity index is 1400. The van der Waals surface area contributed by atoms with Crippen LogP contribution in [0.2, 0.25) is 0 Å². The molecule has 3 heterocycles. The van der Waals surface area contributed by atoms with Crippen molar-refractivity contribution in [2.75, 3.05) is 69.0 Å². The maximum Gasteiger partial charge on any atom is 0.229 e. The molecule has 2 aromatic carbocycles. The molecule has 2 aliphatic heterocycles. The number of aryl methyl sites for hydroxylation is 1. The molecule has 9 nitrogen and oxygen atoms in total. The summed E-state index contributed by atoms with van der Waals surface area (Å²) in [4.78, 5) is 16.6. The van der Waals surface area contributed by atoms with Crippen LogP contribution in [0.25, 0.3) is 0 Å². The number of aliphatic hydroxyl groups is 1. The summed E-state index contributed by atoms with van der Waals surface area (Å²) < 4.78 is 21.1. The summed E-state index contributed by atoms with van der Waals surface area (Å²) in [6.07, 6.45) is 3.93. The van der Waals surface area contributed by atoms with Crippen molar-refractivity contribution < 1.29 is 14.2 Å². The van der Waals surface area contributed by atoms with E-state index in [0.29, 0.717) is 28.0 Å². The summed E-state index contributed by atoms with van der Waals surface area (Å²) in [5.74, 6) is 1.11. The van der Waals surface area contributed by atoms with E-state index in [9.17, 15) is 9.50 Å². The van der Waals surface area contributed by atoms with Gasteiger partial charge < -0.3 is 30.3 Å². The first-order valence-corrected chi connectivity index (χ1v) is 15.3. The second-order valence-electron chi connectivity index (χ2n) is 11.8. The molecule has 5 rings (SSSR count). The molecule has 0 bridgehead atoms. The van der Waals surface area contributed by atoms with E-state index in [0.717, 1.165) is 74.8 Å². The Morgan fingerprint density at radius 1 is 1.05 bits per heavy atom. The van der Waals surface area contributed by atoms with E-state index in [4.69, 9.17) is 4.74 Å². The Balaban J connectivity index is 1.31. The van der Waals surface area contributed by atoms with Crippen molar-refractivity contribution in [2.45, 2.75) is 45.3 Å². The van der Waals surface area contributed by atoms with Crippen molar-refractivity contribution in [1.82, 2.24) is 19.8 Å². The molecule has 42 heavy (non-hydrogen) atoms. The van der Waals surface area contributed by atoms with Gasteiger partial charge in [-0.25, -0.2) is 9.37 Å². The van der Waals surface area contributed by atoms with Crippen LogP contribution in [0.3, 0.4) is 0 Å². The summed E-state index contributed by atoms with van der Waals surface area (Å²) in [7, 11) is 3.90. The first-order chi connectivity index (χ1) is 20.0. The second kappa shape index (κ2) is 12.7. The monoisotopic (exact) mass is 641 g/mol. The third kappa shape index (κ3) is 6.80. The Labute approximate surface area is 256 Å². The first-order valence-electron chi connectivity index (χ1n) is 14.5. The minimum atomic E-state index is -1.39. The zero-order valence-electron chi connectivity index (χ0n) is 25.0. The van der Waals surface area contributed by atoms with Crippen LogP contribution in [0.5, 0.6) is 5.75 Å². The number of nitrogens with one attached hydrogen (secondary N) is 2. The summed E-state index contributed by atoms with van der Waals surface area (Å²) >= 11 is 3.49. The van der Waals surface area contributed by atoms with Gasteiger partial charge in [0.1, 0.15) is 17.4 Å². The first kappa shape index (κ1) is 30.5. The molecule has 0 radical (unpaired) electrons. The highest BCUT2D eigenvalue weighted by molar-refractivity contribution is 9.10. The van der Waals surface area contributed by atoms with Crippen molar-refractivity contribution >= 4 is 44.8 Å². The number of anilines is 5. The van der Waals surface area contributed by atoms with E-state index in [-0.39, 0.29) is 5.56 Å². The molecule has 226 valence electrons. The fourth-order valence-electron chi connectivity index (χ4n) is 5.89. The molecule has 1 aromatic heterocycles. The van der Waals surface area contributed by atoms with Gasteiger partial charge in [-0.3, -0.25) is 4.90 Å². The van der Waals surface area contributed by atoms with Crippen LogP contribution in [0.15, 0.2) is 41.0 Å². The number of methoxy groups -OCH3 is 1. The minimum Gasteiger partial charge on any atom is -0.495 e. The summed E-state index contributed by atoms with van der Waals surface area (Å²) in [6, 6.07) is 9.43. The highest BCUT2D eigenvalue weighted by atomic mass is 79.9. The molecule has 0 aliphatic carbocycles. The molecule has 2 aliphatic rings. The van der Waals surface area contributed by atoms with E-state index in [1.165, 1.54) is 6.07 Å². The van der Waals surface area contributed by atoms with Crippen molar-refractivity contribution in [3.63, 3.8) is 0 Å². The SMILES string of the molecule is COc1cc(Nc2ncc(Br)c(Nc3cccc(F)c3C(C)(C)O)n2)c(C)cc1N1CCC(N2CCN(C)CC2)CC1. The zero-order chi connectivity index (χ0) is 30.0. The molecule has 2 fully saturated rings. The fraction of sp³-hybridized carbons (Fsp3) is 0.484. The Kier molecular flexibility index (Phi) is 9.22. The lowest BCUT2D eigenvalue weighted by Crippen LogP contribution is -2.52. The number of piperazine rings is 1. The molecule has 2 saturated heterocycles. The van der Waals surface area contributed by atoms with Crippen LogP contribution in [0.1, 0.15) is 37.8 Å². The van der Waals surface area contributed by atoms with Crippen molar-refractivity contribution in [1.29, 1.82) is 0 Å². The Hall–Kier alpha value is -2.99. The molecule has 0 atom stereocenters. The van der Waals surface area contributed by atoms with Crippen molar-refractivity contribution in [3.05, 3.63) is 57.9 Å². The fourth-order valence-corrected chi connectivity index (χ4v) is 6.18. The van der Waals surface area contributed by atoms with Gasteiger partial charge in [-0.1, -0.05) is 6.07 Å². The van der Waals surface area contributed by atoms with Gasteiger partial charge in [0.05, 0.1) is 22.9 Å². The molecular formula is C31H41BrFN7O2. The number of benzene rings is 2. The van der Waals surface area contributed by atoms with Gasteiger partial charge in [-0.15, -0.1) is 0 Å². The van der Waals surface area contributed by atoms with Gasteiger partial charge in [0.2, 0.25) is 5.95 Å². The average molecular weight is 643 g/mol. The average Bonchev–Trinajstić information content (AvgIpc) is 2.95. The highest BCUT2D eigenvalue weighted by Crippen LogP contribution is 2.38. The number of rotatable bonds is 8. The lowest BCUT2D eigenvalue weighted by atomic mass is 9.96. The second-order valence-corrected chi connectivity index (χ2v) is 12.6. The Morgan fingerprint density at radius 2 is 1.76 bits per heavy atom. The largest absolute Gasteiger partial charge is 0.495 e. The van der Waals surface area contributed by atoms with E-state index in [2.05, 4.69) is 71.3 Å². The quantitative estimate of drug-likeness (QED) is 0.290. The molecule has 0 saturated carbocycles. The molecule has 11 heteroatoms. The normalized spacial score (nSPS) is 17.4. The lowest BCUT2D eigenvalue weighted by molar-refractivity contribution is 0.0754. The molecule has 0 spiro atoms. The number of aromatic nitrogens is 2. The zero-order valence-corrected chi connectivity index (χ0v) is 26.6. The van der Waals surface area contributed by atoms with E-state index >= 15 is 0 Å². The van der Waals surface area contributed by atoms with E-state index in [1.54, 1.807) is 39.3 Å². The van der Waals surface area contributed by atoms with Gasteiger partial charge in [-0.2, -0.15) is 4.98 Å². The highest BCUT2D eigenvalue weighted by Gasteiger charge is 2.28. The number of ether oxygens (including phenoxy) is 1. The molecular weight excluding hydrogens is 601 g/mol. The number of hydrogen-bond acceptors (Lipinski definition) is 9. The standard InChI is InChI=1S/C31H41BrFN7O2/c1-20-17-26(40-11-9-21(10-12-40)39-15-13-38(4)14-16-39)27(42-5)18-25(20)36-30-34-19-22(32)29(37-30)35-24-8-6-7-23(33)28(24)31(2,3)41/h6-8,17-19,21,41H,9-16H2,1-5H3,(H2,34,35,36,37). The van der Waals surface area contributed by atoms with Crippen molar-refractivity contribution in [3.8, 4) is 5.75 Å². The van der Waals surface area contributed by atoms with Crippen LogP contribution >= 0.6 is 15.9 Å². The predicted molar refractivity (Wildman–Crippen MR) is 170 cm³/mol. The molecule has 3 N–H and O–H groups in total. The summed E-state index contributed by atoms with van der Waals surface area (Å²) in [5, 5.41) is 17.1. The number of halogens is 2. The van der Waals surface area contributed by atoms with Gasteiger partial charge >= 0.3 is 0 Å². The predicted octanol–water partition coefficient (Wildman–Crippen LogP) is 5.63. The van der Waals surface area contributed by atoms with Crippen LogP contribution in [0.4, 0.5) is 33.2 Å². The van der Waals surface area contributed by atoms with Crippen molar-refractivity contribution in [2.24, 2.45) is 0 Å². The van der Waals surface area contributed by atoms with Gasteiger partial charge in [-0.05, 0) is 80.4 Å². The Morgan fingerprint density at radius 3 is 2.43 bits per heavy atom. The molecule has 3 aromatic rings. The smallest absolute Gasteiger partial charge is 0.229 e. The third-order valence-corrected chi connectivity index (χ3v) is 8.83. The van der Waals surface area contributed by atoms with Gasteiger partial charge in [0.15, 0.2) is 0 Å². The summed E-state index contributed by atoms with van der Waals surface area (Å²) in [5.41, 5.74) is 2.17. The maximum atomic E-state index is 14.6. The van der Waals surface area contributed by atoms with Crippen LogP contribution < -0.4 is 20.3 Å². The number of nitrogens with zero attached hydrogens (tertiary/aromatic N) is 5. The maximum absolute atomic E-state index is 14.6.